The Kier molecular flexibility index (Phi) is 8.14. The van der Waals surface area contributed by atoms with Gasteiger partial charge < -0.3 is 5.11 Å². The standard InChI is InChI=1S/C11H26N2O/c1-5-6-7-8-11(12(2)3)13(4)9-10-14/h11,14H,5-10H2,1-4H3. The normalized spacial score (nSPS) is 13.9. The van der Waals surface area contributed by atoms with Gasteiger partial charge >= 0.3 is 0 Å². The Hall–Kier alpha value is -0.120. The van der Waals surface area contributed by atoms with Crippen molar-refractivity contribution in [2.45, 2.75) is 38.8 Å². The average molecular weight is 202 g/mol. The van der Waals surface area contributed by atoms with E-state index in [-0.39, 0.29) is 6.61 Å². The molecule has 0 radical (unpaired) electrons. The molecule has 0 rings (SSSR count). The fourth-order valence-corrected chi connectivity index (χ4v) is 1.76. The minimum Gasteiger partial charge on any atom is -0.395 e. The van der Waals surface area contributed by atoms with E-state index in [0.717, 1.165) is 6.54 Å². The Morgan fingerprint density at radius 1 is 1.14 bits per heavy atom. The Balaban J connectivity index is 3.88. The molecule has 0 fully saturated rings. The Morgan fingerprint density at radius 3 is 2.21 bits per heavy atom. The summed E-state index contributed by atoms with van der Waals surface area (Å²) in [5.41, 5.74) is 0. The molecule has 0 aromatic carbocycles. The fraction of sp³-hybridized carbons (Fsp3) is 1.00. The zero-order valence-corrected chi connectivity index (χ0v) is 10.2. The minimum absolute atomic E-state index is 0.245. The van der Waals surface area contributed by atoms with E-state index in [1.807, 2.05) is 0 Å². The predicted octanol–water partition coefficient (Wildman–Crippen LogP) is 1.38. The highest BCUT2D eigenvalue weighted by Crippen LogP contribution is 2.10. The molecule has 0 bridgehead atoms. The van der Waals surface area contributed by atoms with Crippen molar-refractivity contribution in [1.82, 2.24) is 9.80 Å². The maximum Gasteiger partial charge on any atom is 0.0615 e. The largest absolute Gasteiger partial charge is 0.395 e. The molecule has 1 atom stereocenters. The summed E-state index contributed by atoms with van der Waals surface area (Å²) in [4.78, 5) is 4.45. The summed E-state index contributed by atoms with van der Waals surface area (Å²) in [6, 6.07) is 0. The lowest BCUT2D eigenvalue weighted by molar-refractivity contribution is 0.0767. The van der Waals surface area contributed by atoms with Crippen molar-refractivity contribution in [2.24, 2.45) is 0 Å². The second-order valence-corrected chi connectivity index (χ2v) is 4.14. The van der Waals surface area contributed by atoms with Gasteiger partial charge in [-0.2, -0.15) is 0 Å². The van der Waals surface area contributed by atoms with E-state index in [4.69, 9.17) is 5.11 Å². The van der Waals surface area contributed by atoms with Crippen molar-refractivity contribution >= 4 is 0 Å². The molecule has 0 saturated heterocycles. The second kappa shape index (κ2) is 8.21. The van der Waals surface area contributed by atoms with E-state index in [1.165, 1.54) is 25.7 Å². The van der Waals surface area contributed by atoms with Gasteiger partial charge in [0.2, 0.25) is 0 Å². The summed E-state index contributed by atoms with van der Waals surface area (Å²) in [5.74, 6) is 0. The summed E-state index contributed by atoms with van der Waals surface area (Å²) in [7, 11) is 6.28. The molecule has 0 heterocycles. The SMILES string of the molecule is CCCCCC(N(C)C)N(C)CCO. The topological polar surface area (TPSA) is 26.7 Å². The maximum atomic E-state index is 8.88. The van der Waals surface area contributed by atoms with Crippen LogP contribution in [0.1, 0.15) is 32.6 Å². The van der Waals surface area contributed by atoms with Crippen LogP contribution < -0.4 is 0 Å². The first kappa shape index (κ1) is 13.9. The van der Waals surface area contributed by atoms with Crippen LogP contribution in [0.3, 0.4) is 0 Å². The van der Waals surface area contributed by atoms with Gasteiger partial charge in [0.1, 0.15) is 0 Å². The number of hydrogen-bond acceptors (Lipinski definition) is 3. The lowest BCUT2D eigenvalue weighted by Crippen LogP contribution is -2.43. The van der Waals surface area contributed by atoms with Gasteiger partial charge in [0.25, 0.3) is 0 Å². The summed E-state index contributed by atoms with van der Waals surface area (Å²) >= 11 is 0. The molecular weight excluding hydrogens is 176 g/mol. The van der Waals surface area contributed by atoms with Gasteiger partial charge in [0.15, 0.2) is 0 Å². The van der Waals surface area contributed by atoms with Crippen LogP contribution in [-0.4, -0.2) is 55.4 Å². The first-order valence-electron chi connectivity index (χ1n) is 5.61. The number of rotatable bonds is 8. The number of unbranched alkanes of at least 4 members (excludes halogenated alkanes) is 2. The molecule has 0 amide bonds. The third-order valence-corrected chi connectivity index (χ3v) is 2.62. The van der Waals surface area contributed by atoms with Gasteiger partial charge in [-0.15, -0.1) is 0 Å². The molecule has 0 aromatic heterocycles. The minimum atomic E-state index is 0.245. The number of hydrogen-bond donors (Lipinski definition) is 1. The van der Waals surface area contributed by atoms with Crippen LogP contribution in [0.25, 0.3) is 0 Å². The van der Waals surface area contributed by atoms with Crippen molar-refractivity contribution in [1.29, 1.82) is 0 Å². The summed E-state index contributed by atoms with van der Waals surface area (Å²) in [5, 5.41) is 8.88. The molecule has 3 heteroatoms. The predicted molar refractivity (Wildman–Crippen MR) is 61.3 cm³/mol. The Morgan fingerprint density at radius 2 is 1.79 bits per heavy atom. The molecule has 0 spiro atoms. The highest BCUT2D eigenvalue weighted by molar-refractivity contribution is 4.65. The molecule has 1 unspecified atom stereocenters. The average Bonchev–Trinajstić information content (AvgIpc) is 2.12. The van der Waals surface area contributed by atoms with Crippen molar-refractivity contribution in [3.63, 3.8) is 0 Å². The van der Waals surface area contributed by atoms with Crippen LogP contribution >= 0.6 is 0 Å². The number of aliphatic hydroxyl groups excluding tert-OH is 1. The first-order chi connectivity index (χ1) is 6.63. The molecule has 86 valence electrons. The van der Waals surface area contributed by atoms with E-state index in [2.05, 4.69) is 37.9 Å². The van der Waals surface area contributed by atoms with Crippen LogP contribution in [0.4, 0.5) is 0 Å². The lowest BCUT2D eigenvalue weighted by atomic mass is 10.1. The van der Waals surface area contributed by atoms with Crippen molar-refractivity contribution < 1.29 is 5.11 Å². The van der Waals surface area contributed by atoms with Gasteiger partial charge in [-0.25, -0.2) is 0 Å². The van der Waals surface area contributed by atoms with Crippen LogP contribution in [0.2, 0.25) is 0 Å². The van der Waals surface area contributed by atoms with Crippen molar-refractivity contribution in [3.05, 3.63) is 0 Å². The summed E-state index contributed by atoms with van der Waals surface area (Å²) in [6.45, 7) is 3.23. The third kappa shape index (κ3) is 5.58. The smallest absolute Gasteiger partial charge is 0.0615 e. The fourth-order valence-electron chi connectivity index (χ4n) is 1.76. The number of likely N-dealkylation sites (N-methyl/N-ethyl adjacent to an activating group) is 1. The van der Waals surface area contributed by atoms with Crippen LogP contribution in [-0.2, 0) is 0 Å². The molecule has 0 aliphatic carbocycles. The first-order valence-corrected chi connectivity index (χ1v) is 5.61. The Bertz CT molecular complexity index is 128. The second-order valence-electron chi connectivity index (χ2n) is 4.14. The number of nitrogens with zero attached hydrogens (tertiary/aromatic N) is 2. The summed E-state index contributed by atoms with van der Waals surface area (Å²) < 4.78 is 0. The molecule has 3 nitrogen and oxygen atoms in total. The van der Waals surface area contributed by atoms with E-state index in [9.17, 15) is 0 Å². The quantitative estimate of drug-likeness (QED) is 0.476. The molecule has 0 aromatic rings. The van der Waals surface area contributed by atoms with Gasteiger partial charge in [0.05, 0.1) is 12.8 Å². The van der Waals surface area contributed by atoms with Gasteiger partial charge in [-0.3, -0.25) is 9.80 Å². The van der Waals surface area contributed by atoms with Crippen LogP contribution in [0.5, 0.6) is 0 Å². The van der Waals surface area contributed by atoms with Crippen LogP contribution in [0.15, 0.2) is 0 Å². The molecule has 0 aliphatic rings. The van der Waals surface area contributed by atoms with E-state index < -0.39 is 0 Å². The van der Waals surface area contributed by atoms with E-state index in [1.54, 1.807) is 0 Å². The summed E-state index contributed by atoms with van der Waals surface area (Å²) in [6.07, 6.45) is 5.50. The monoisotopic (exact) mass is 202 g/mol. The molecule has 1 N–H and O–H groups in total. The molecule has 14 heavy (non-hydrogen) atoms. The highest BCUT2D eigenvalue weighted by atomic mass is 16.3. The maximum absolute atomic E-state index is 8.88. The van der Waals surface area contributed by atoms with E-state index in [0.29, 0.717) is 6.17 Å². The molecular formula is C11H26N2O. The van der Waals surface area contributed by atoms with Gasteiger partial charge in [-0.1, -0.05) is 26.2 Å². The Labute approximate surface area is 88.7 Å². The zero-order valence-electron chi connectivity index (χ0n) is 10.2. The van der Waals surface area contributed by atoms with Crippen molar-refractivity contribution in [3.8, 4) is 0 Å². The third-order valence-electron chi connectivity index (χ3n) is 2.62. The number of aliphatic hydroxyl groups is 1. The van der Waals surface area contributed by atoms with E-state index >= 15 is 0 Å². The van der Waals surface area contributed by atoms with Crippen LogP contribution in [0, 0.1) is 0 Å². The van der Waals surface area contributed by atoms with Crippen molar-refractivity contribution in [2.75, 3.05) is 34.3 Å². The molecule has 0 saturated carbocycles. The highest BCUT2D eigenvalue weighted by Gasteiger charge is 2.15. The molecule has 0 aliphatic heterocycles. The van der Waals surface area contributed by atoms with Gasteiger partial charge in [0, 0.05) is 6.54 Å². The van der Waals surface area contributed by atoms with Gasteiger partial charge in [-0.05, 0) is 27.6 Å². The lowest BCUT2D eigenvalue weighted by Gasteiger charge is -2.33. The zero-order chi connectivity index (χ0) is 11.0.